The zero-order valence-electron chi connectivity index (χ0n) is 16.3. The van der Waals surface area contributed by atoms with Crippen molar-refractivity contribution >= 4 is 35.3 Å². The summed E-state index contributed by atoms with van der Waals surface area (Å²) in [7, 11) is 2.03. The second kappa shape index (κ2) is 7.68. The summed E-state index contributed by atoms with van der Waals surface area (Å²) < 4.78 is 15.9. The van der Waals surface area contributed by atoms with Crippen LogP contribution in [0.4, 0.5) is 10.1 Å². The first-order valence-electron chi connectivity index (χ1n) is 9.33. The van der Waals surface area contributed by atoms with Gasteiger partial charge in [0.2, 0.25) is 5.69 Å². The average molecular weight is 413 g/mol. The zero-order chi connectivity index (χ0) is 19.8. The largest absolute Gasteiger partial charge is 0.337 e. The molecular formula is C22H23FN3S2+. The summed E-state index contributed by atoms with van der Waals surface area (Å²) in [6.07, 6.45) is 4.32. The Morgan fingerprint density at radius 2 is 2.00 bits per heavy atom. The number of hydrogen-bond acceptors (Lipinski definition) is 4. The van der Waals surface area contributed by atoms with Gasteiger partial charge in [-0.25, -0.2) is 4.39 Å². The van der Waals surface area contributed by atoms with Crippen LogP contribution in [0.1, 0.15) is 19.5 Å². The predicted octanol–water partition coefficient (Wildman–Crippen LogP) is 5.43. The molecule has 0 aliphatic carbocycles. The number of fused-ring (bicyclic) bond motifs is 1. The van der Waals surface area contributed by atoms with Gasteiger partial charge >= 0.3 is 0 Å². The van der Waals surface area contributed by atoms with Crippen LogP contribution in [0.2, 0.25) is 0 Å². The third kappa shape index (κ3) is 3.25. The summed E-state index contributed by atoms with van der Waals surface area (Å²) in [5, 5.41) is 2.27. The van der Waals surface area contributed by atoms with E-state index in [1.54, 1.807) is 29.6 Å². The van der Waals surface area contributed by atoms with Crippen molar-refractivity contribution in [3.05, 3.63) is 81.3 Å². The molecule has 0 radical (unpaired) electrons. The Kier molecular flexibility index (Phi) is 5.25. The summed E-state index contributed by atoms with van der Waals surface area (Å²) >= 11 is 3.35. The molecule has 4 rings (SSSR count). The minimum Gasteiger partial charge on any atom is -0.337 e. The van der Waals surface area contributed by atoms with Crippen LogP contribution in [0, 0.1) is 5.82 Å². The number of thioether (sulfide) groups is 2. The van der Waals surface area contributed by atoms with Crippen molar-refractivity contribution in [2.45, 2.75) is 25.3 Å². The highest BCUT2D eigenvalue weighted by Crippen LogP contribution is 2.54. The van der Waals surface area contributed by atoms with Crippen molar-refractivity contribution in [2.24, 2.45) is 0 Å². The summed E-state index contributed by atoms with van der Waals surface area (Å²) in [6.45, 7) is 10.4. The second-order valence-electron chi connectivity index (χ2n) is 6.59. The van der Waals surface area contributed by atoms with E-state index in [-0.39, 0.29) is 5.82 Å². The standard InChI is InChI=1S/C22H23FN3S2/c1-5-25-12-8-7-9-17(25)14-20-26(6-2)15(3)21(28-20)22-24(4)18-11-10-16(23)13-19(18)27-22/h7-14H,3,5-6H2,1-2,4H3/q+1. The smallest absolute Gasteiger partial charge is 0.207 e. The minimum absolute atomic E-state index is 0.201. The third-order valence-electron chi connectivity index (χ3n) is 4.95. The second-order valence-corrected chi connectivity index (χ2v) is 8.66. The van der Waals surface area contributed by atoms with E-state index in [0.29, 0.717) is 0 Å². The first-order chi connectivity index (χ1) is 13.5. The van der Waals surface area contributed by atoms with Gasteiger partial charge in [-0.2, -0.15) is 4.57 Å². The van der Waals surface area contributed by atoms with Gasteiger partial charge in [-0.05, 0) is 38.1 Å². The first kappa shape index (κ1) is 19.2. The lowest BCUT2D eigenvalue weighted by Crippen LogP contribution is -2.35. The molecular weight excluding hydrogens is 389 g/mol. The highest BCUT2D eigenvalue weighted by molar-refractivity contribution is 8.09. The Labute approximate surface area is 174 Å². The molecule has 0 amide bonds. The molecule has 1 aromatic carbocycles. The summed E-state index contributed by atoms with van der Waals surface area (Å²) in [4.78, 5) is 6.47. The van der Waals surface area contributed by atoms with Crippen molar-refractivity contribution in [3.8, 4) is 0 Å². The number of halogens is 1. The van der Waals surface area contributed by atoms with Crippen LogP contribution in [0.25, 0.3) is 6.08 Å². The van der Waals surface area contributed by atoms with Crippen LogP contribution in [0.5, 0.6) is 0 Å². The quantitative estimate of drug-likeness (QED) is 0.622. The molecule has 1 saturated heterocycles. The fourth-order valence-electron chi connectivity index (χ4n) is 3.46. The third-order valence-corrected chi connectivity index (χ3v) is 7.48. The van der Waals surface area contributed by atoms with Gasteiger partial charge in [0, 0.05) is 36.7 Å². The molecule has 0 saturated carbocycles. The van der Waals surface area contributed by atoms with Gasteiger partial charge in [-0.3, -0.25) is 0 Å². The molecule has 2 aromatic rings. The van der Waals surface area contributed by atoms with E-state index < -0.39 is 0 Å². The molecule has 1 fully saturated rings. The number of pyridine rings is 1. The highest BCUT2D eigenvalue weighted by atomic mass is 32.2. The molecule has 28 heavy (non-hydrogen) atoms. The van der Waals surface area contributed by atoms with E-state index in [4.69, 9.17) is 0 Å². The Morgan fingerprint density at radius 3 is 2.75 bits per heavy atom. The molecule has 0 N–H and O–H groups in total. The SMILES string of the molecule is C=C1C(=C2Sc3cc(F)ccc3N2C)SC(=Cc2cccc[n+]2CC)N1CC. The lowest BCUT2D eigenvalue weighted by atomic mass is 10.3. The summed E-state index contributed by atoms with van der Waals surface area (Å²) in [5.41, 5.74) is 3.21. The predicted molar refractivity (Wildman–Crippen MR) is 117 cm³/mol. The van der Waals surface area contributed by atoms with Gasteiger partial charge < -0.3 is 9.80 Å². The molecule has 3 nitrogen and oxygen atoms in total. The first-order valence-corrected chi connectivity index (χ1v) is 11.0. The topological polar surface area (TPSA) is 10.4 Å². The maximum atomic E-state index is 13.7. The molecule has 0 unspecified atom stereocenters. The lowest BCUT2D eigenvalue weighted by Gasteiger charge is -2.18. The number of likely N-dealkylation sites (N-methyl/N-ethyl adjacent to an activating group) is 1. The molecule has 3 heterocycles. The van der Waals surface area contributed by atoms with Crippen molar-refractivity contribution in [1.82, 2.24) is 4.90 Å². The van der Waals surface area contributed by atoms with Crippen LogP contribution < -0.4 is 9.47 Å². The fourth-order valence-corrected chi connectivity index (χ4v) is 6.03. The summed E-state index contributed by atoms with van der Waals surface area (Å²) in [6, 6.07) is 11.2. The Balaban J connectivity index is 1.74. The van der Waals surface area contributed by atoms with Crippen molar-refractivity contribution in [3.63, 3.8) is 0 Å². The maximum Gasteiger partial charge on any atom is 0.207 e. The number of aromatic nitrogens is 1. The van der Waals surface area contributed by atoms with E-state index in [1.807, 2.05) is 13.1 Å². The highest BCUT2D eigenvalue weighted by Gasteiger charge is 2.34. The van der Waals surface area contributed by atoms with Gasteiger partial charge in [-0.15, -0.1) is 0 Å². The minimum atomic E-state index is -0.201. The van der Waals surface area contributed by atoms with Crippen LogP contribution >= 0.6 is 23.5 Å². The van der Waals surface area contributed by atoms with E-state index in [9.17, 15) is 4.39 Å². The Morgan fingerprint density at radius 1 is 1.18 bits per heavy atom. The molecule has 0 spiro atoms. The molecule has 144 valence electrons. The van der Waals surface area contributed by atoms with Gasteiger partial charge in [-0.1, -0.05) is 30.1 Å². The normalized spacial score (nSPS) is 20.4. The number of hydrogen-bond donors (Lipinski definition) is 0. The molecule has 2 aliphatic heterocycles. The number of rotatable bonds is 3. The fraction of sp³-hybridized carbons (Fsp3) is 0.227. The van der Waals surface area contributed by atoms with Crippen LogP contribution in [0.15, 0.2) is 74.7 Å². The molecule has 0 bridgehead atoms. The van der Waals surface area contributed by atoms with Crippen LogP contribution in [0.3, 0.4) is 0 Å². The van der Waals surface area contributed by atoms with Crippen molar-refractivity contribution in [1.29, 1.82) is 0 Å². The van der Waals surface area contributed by atoms with E-state index in [1.165, 1.54) is 16.8 Å². The summed E-state index contributed by atoms with van der Waals surface area (Å²) in [5.74, 6) is -0.201. The van der Waals surface area contributed by atoms with Gasteiger partial charge in [0.05, 0.1) is 26.3 Å². The average Bonchev–Trinajstić information content (AvgIpc) is 3.18. The van der Waals surface area contributed by atoms with Crippen molar-refractivity contribution < 1.29 is 8.96 Å². The van der Waals surface area contributed by atoms with Gasteiger partial charge in [0.1, 0.15) is 12.4 Å². The maximum absolute atomic E-state index is 13.7. The Hall–Kier alpha value is -2.18. The molecule has 0 atom stereocenters. The molecule has 2 aliphatic rings. The monoisotopic (exact) mass is 412 g/mol. The molecule has 6 heteroatoms. The van der Waals surface area contributed by atoms with Crippen LogP contribution in [-0.4, -0.2) is 18.5 Å². The van der Waals surface area contributed by atoms with E-state index in [2.05, 4.69) is 65.3 Å². The zero-order valence-corrected chi connectivity index (χ0v) is 17.9. The van der Waals surface area contributed by atoms with Gasteiger partial charge in [0.15, 0.2) is 6.20 Å². The van der Waals surface area contributed by atoms with Crippen molar-refractivity contribution in [2.75, 3.05) is 18.5 Å². The number of anilines is 1. The number of benzene rings is 1. The van der Waals surface area contributed by atoms with Crippen LogP contribution in [-0.2, 0) is 6.54 Å². The number of nitrogens with zero attached hydrogens (tertiary/aromatic N) is 3. The van der Waals surface area contributed by atoms with E-state index >= 15 is 0 Å². The van der Waals surface area contributed by atoms with Gasteiger partial charge in [0.25, 0.3) is 0 Å². The molecule has 1 aromatic heterocycles. The lowest BCUT2D eigenvalue weighted by molar-refractivity contribution is -0.695. The Bertz CT molecular complexity index is 1010. The number of aryl methyl sites for hydroxylation is 1. The van der Waals surface area contributed by atoms with E-state index in [0.717, 1.165) is 39.3 Å².